The Morgan fingerprint density at radius 2 is 1.80 bits per heavy atom. The van der Waals surface area contributed by atoms with Gasteiger partial charge in [0.1, 0.15) is 18.1 Å². The zero-order chi connectivity index (χ0) is 29.2. The molecular weight excluding hydrogens is 520 g/mol. The first-order valence-corrected chi connectivity index (χ1v) is 13.5. The van der Waals surface area contributed by atoms with Gasteiger partial charge in [-0.15, -0.1) is 0 Å². The van der Waals surface area contributed by atoms with Crippen LogP contribution in [0, 0.1) is 0 Å². The normalized spacial score (nSPS) is 17.2. The van der Waals surface area contributed by atoms with Gasteiger partial charge in [-0.3, -0.25) is 19.2 Å². The number of aromatic nitrogens is 1. The number of nitrogens with two attached hydrogens (primary N) is 2. The molecule has 2 aromatic rings. The van der Waals surface area contributed by atoms with Crippen LogP contribution >= 0.6 is 0 Å². The maximum absolute atomic E-state index is 13.4. The van der Waals surface area contributed by atoms with E-state index in [4.69, 9.17) is 16.6 Å². The number of hydrogen-bond acceptors (Lipinski definition) is 7. The van der Waals surface area contributed by atoms with Crippen molar-refractivity contribution in [2.75, 3.05) is 13.1 Å². The van der Waals surface area contributed by atoms with Gasteiger partial charge in [-0.25, -0.2) is 4.79 Å². The highest BCUT2D eigenvalue weighted by atomic mass is 16.4. The van der Waals surface area contributed by atoms with Crippen LogP contribution in [0.15, 0.2) is 30.5 Å². The molecule has 1 saturated heterocycles. The highest BCUT2D eigenvalue weighted by Crippen LogP contribution is 2.22. The van der Waals surface area contributed by atoms with E-state index in [2.05, 4.69) is 15.6 Å². The second-order valence-corrected chi connectivity index (χ2v) is 10.0. The van der Waals surface area contributed by atoms with Gasteiger partial charge in [0.05, 0.1) is 6.04 Å². The Hall–Kier alpha value is -3.97. The number of aliphatic carboxylic acids is 2. The van der Waals surface area contributed by atoms with Crippen molar-refractivity contribution in [1.82, 2.24) is 20.5 Å². The number of aromatic amines is 1. The molecular formula is C27H38N6O7. The second-order valence-electron chi connectivity index (χ2n) is 10.0. The van der Waals surface area contributed by atoms with E-state index < -0.39 is 53.8 Å². The summed E-state index contributed by atoms with van der Waals surface area (Å²) in [5, 5.41) is 24.7. The van der Waals surface area contributed by atoms with E-state index >= 15 is 0 Å². The van der Waals surface area contributed by atoms with Crippen molar-refractivity contribution in [3.05, 3.63) is 36.0 Å². The molecule has 2 heterocycles. The molecule has 3 amide bonds. The van der Waals surface area contributed by atoms with Gasteiger partial charge in [0.2, 0.25) is 17.7 Å². The lowest BCUT2D eigenvalue weighted by Gasteiger charge is -2.28. The van der Waals surface area contributed by atoms with Gasteiger partial charge in [-0.1, -0.05) is 18.2 Å². The zero-order valence-electron chi connectivity index (χ0n) is 22.3. The van der Waals surface area contributed by atoms with Crippen molar-refractivity contribution in [3.63, 3.8) is 0 Å². The van der Waals surface area contributed by atoms with Gasteiger partial charge in [-0.2, -0.15) is 0 Å². The van der Waals surface area contributed by atoms with E-state index in [9.17, 15) is 29.1 Å². The number of carbonyl (C=O) groups excluding carboxylic acids is 3. The molecule has 0 bridgehead atoms. The number of carboxylic acids is 2. The van der Waals surface area contributed by atoms with E-state index in [1.165, 1.54) is 4.90 Å². The molecule has 3 rings (SSSR count). The summed E-state index contributed by atoms with van der Waals surface area (Å²) >= 11 is 0. The van der Waals surface area contributed by atoms with E-state index in [-0.39, 0.29) is 32.2 Å². The first-order valence-electron chi connectivity index (χ1n) is 13.5. The quantitative estimate of drug-likeness (QED) is 0.147. The van der Waals surface area contributed by atoms with E-state index in [1.807, 2.05) is 24.3 Å². The molecule has 1 aromatic carbocycles. The van der Waals surface area contributed by atoms with E-state index in [0.29, 0.717) is 32.2 Å². The van der Waals surface area contributed by atoms with Crippen molar-refractivity contribution in [2.45, 2.75) is 75.5 Å². The minimum atomic E-state index is -1.19. The smallest absolute Gasteiger partial charge is 0.326 e. The number of para-hydroxylation sites is 1. The number of benzene rings is 1. The van der Waals surface area contributed by atoms with Crippen LogP contribution in [-0.4, -0.2) is 87.0 Å². The highest BCUT2D eigenvalue weighted by Gasteiger charge is 2.38. The van der Waals surface area contributed by atoms with Crippen LogP contribution in [0.5, 0.6) is 0 Å². The lowest BCUT2D eigenvalue weighted by Crippen LogP contribution is -2.57. The number of hydrogen-bond donors (Lipinski definition) is 7. The molecule has 0 radical (unpaired) electrons. The van der Waals surface area contributed by atoms with Crippen molar-refractivity contribution >= 4 is 40.6 Å². The number of rotatable bonds is 15. The summed E-state index contributed by atoms with van der Waals surface area (Å²) < 4.78 is 0. The Labute approximate surface area is 231 Å². The molecule has 1 aromatic heterocycles. The number of unbranched alkanes of at least 4 members (excludes halogenated alkanes) is 1. The van der Waals surface area contributed by atoms with Gasteiger partial charge >= 0.3 is 11.9 Å². The highest BCUT2D eigenvalue weighted by molar-refractivity contribution is 5.95. The van der Waals surface area contributed by atoms with Crippen molar-refractivity contribution in [2.24, 2.45) is 11.5 Å². The topological polar surface area (TPSA) is 221 Å². The summed E-state index contributed by atoms with van der Waals surface area (Å²) in [6, 6.07) is 3.22. The number of H-pyrrole nitrogens is 1. The third-order valence-electron chi connectivity index (χ3n) is 7.12. The maximum atomic E-state index is 13.4. The Morgan fingerprint density at radius 1 is 1.05 bits per heavy atom. The summed E-state index contributed by atoms with van der Waals surface area (Å²) in [5.74, 6) is -4.01. The maximum Gasteiger partial charge on any atom is 0.326 e. The first kappa shape index (κ1) is 30.6. The molecule has 0 saturated carbocycles. The lowest BCUT2D eigenvalue weighted by molar-refractivity contribution is -0.143. The van der Waals surface area contributed by atoms with Crippen LogP contribution < -0.4 is 22.1 Å². The van der Waals surface area contributed by atoms with Crippen molar-refractivity contribution in [1.29, 1.82) is 0 Å². The third kappa shape index (κ3) is 8.02. The molecule has 1 aliphatic heterocycles. The minimum absolute atomic E-state index is 0.0642. The third-order valence-corrected chi connectivity index (χ3v) is 7.12. The number of carbonyl (C=O) groups is 5. The summed E-state index contributed by atoms with van der Waals surface area (Å²) in [6.45, 7) is 0.676. The average molecular weight is 559 g/mol. The molecule has 0 aliphatic carbocycles. The Kier molecular flexibility index (Phi) is 11.0. The number of nitrogens with one attached hydrogen (secondary N) is 3. The van der Waals surface area contributed by atoms with E-state index in [1.54, 1.807) is 6.20 Å². The molecule has 1 aliphatic rings. The molecule has 1 fully saturated rings. The van der Waals surface area contributed by atoms with Gasteiger partial charge in [-0.05, 0) is 56.7 Å². The largest absolute Gasteiger partial charge is 0.481 e. The van der Waals surface area contributed by atoms with Crippen molar-refractivity contribution < 1.29 is 34.2 Å². The van der Waals surface area contributed by atoms with Crippen LogP contribution in [0.4, 0.5) is 0 Å². The fraction of sp³-hybridized carbons (Fsp3) is 0.519. The van der Waals surface area contributed by atoms with Gasteiger partial charge in [0.15, 0.2) is 0 Å². The molecule has 0 spiro atoms. The number of carboxylic acid groups (broad SMARTS) is 2. The van der Waals surface area contributed by atoms with Gasteiger partial charge < -0.3 is 42.2 Å². The Balaban J connectivity index is 1.79. The summed E-state index contributed by atoms with van der Waals surface area (Å²) in [5.41, 5.74) is 13.0. The lowest BCUT2D eigenvalue weighted by atomic mass is 10.0. The monoisotopic (exact) mass is 558 g/mol. The summed E-state index contributed by atoms with van der Waals surface area (Å²) in [4.78, 5) is 66.9. The predicted molar refractivity (Wildman–Crippen MR) is 146 cm³/mol. The number of fused-ring (bicyclic) bond motifs is 1. The van der Waals surface area contributed by atoms with Crippen LogP contribution in [0.25, 0.3) is 10.9 Å². The molecule has 13 nitrogen and oxygen atoms in total. The second kappa shape index (κ2) is 14.4. The van der Waals surface area contributed by atoms with Crippen molar-refractivity contribution in [3.8, 4) is 0 Å². The number of likely N-dealkylation sites (tertiary alicyclic amines) is 1. The van der Waals surface area contributed by atoms with Crippen LogP contribution in [0.3, 0.4) is 0 Å². The van der Waals surface area contributed by atoms with Crippen LogP contribution in [0.1, 0.15) is 50.5 Å². The molecule has 9 N–H and O–H groups in total. The minimum Gasteiger partial charge on any atom is -0.481 e. The summed E-state index contributed by atoms with van der Waals surface area (Å²) in [7, 11) is 0. The Bertz CT molecular complexity index is 1210. The fourth-order valence-electron chi connectivity index (χ4n) is 4.94. The average Bonchev–Trinajstić information content (AvgIpc) is 3.58. The molecule has 4 unspecified atom stereocenters. The predicted octanol–water partition coefficient (Wildman–Crippen LogP) is 0.0767. The van der Waals surface area contributed by atoms with Crippen LogP contribution in [-0.2, 0) is 30.4 Å². The summed E-state index contributed by atoms with van der Waals surface area (Å²) in [6.07, 6.45) is 3.66. The number of amides is 3. The SMILES string of the molecule is NCCCCC(NC(=O)C(Cc1c[nH]c2ccccc12)NC(=O)C1CCCN1C(=O)C(N)CCC(=O)O)C(=O)O. The van der Waals surface area contributed by atoms with Gasteiger partial charge in [0, 0.05) is 36.5 Å². The first-order chi connectivity index (χ1) is 19.1. The molecule has 4 atom stereocenters. The Morgan fingerprint density at radius 3 is 2.50 bits per heavy atom. The van der Waals surface area contributed by atoms with Crippen LogP contribution in [0.2, 0.25) is 0 Å². The molecule has 13 heteroatoms. The van der Waals surface area contributed by atoms with Gasteiger partial charge in [0.25, 0.3) is 0 Å². The molecule has 218 valence electrons. The van der Waals surface area contributed by atoms with E-state index in [0.717, 1.165) is 16.5 Å². The zero-order valence-corrected chi connectivity index (χ0v) is 22.3. The standard InChI is InChI=1S/C27H38N6O7/c28-12-4-3-8-20(27(39)40)31-24(36)21(14-16-15-30-19-7-2-1-6-17(16)19)32-25(37)22-9-5-13-33(22)26(38)18(29)10-11-23(34)35/h1-2,6-7,15,18,20-22,30H,3-5,8-14,28-29H2,(H,31,36)(H,32,37)(H,34,35)(H,39,40). The fourth-order valence-corrected chi connectivity index (χ4v) is 4.94. The molecule has 40 heavy (non-hydrogen) atoms. The number of nitrogens with zero attached hydrogens (tertiary/aromatic N) is 1.